The van der Waals surface area contributed by atoms with Crippen LogP contribution in [0.1, 0.15) is 12.8 Å². The Balaban J connectivity index is 1.65. The number of nitrogens with one attached hydrogen (secondary N) is 2. The Labute approximate surface area is 160 Å². The Morgan fingerprint density at radius 3 is 2.69 bits per heavy atom. The van der Waals surface area contributed by atoms with Gasteiger partial charge in [0.2, 0.25) is 5.91 Å². The van der Waals surface area contributed by atoms with Gasteiger partial charge in [0.05, 0.1) is 5.75 Å². The molecule has 7 nitrogen and oxygen atoms in total. The van der Waals surface area contributed by atoms with Crippen LogP contribution in [0.3, 0.4) is 0 Å². The normalized spacial score (nSPS) is 13.3. The Kier molecular flexibility index (Phi) is 5.95. The Hall–Kier alpha value is -2.32. The van der Waals surface area contributed by atoms with Crippen LogP contribution < -0.4 is 10.6 Å². The molecule has 2 N–H and O–H groups in total. The summed E-state index contributed by atoms with van der Waals surface area (Å²) in [5.74, 6) is 0.346. The van der Waals surface area contributed by atoms with Gasteiger partial charge in [0.1, 0.15) is 0 Å². The molecule has 1 aromatic carbocycles. The summed E-state index contributed by atoms with van der Waals surface area (Å²) < 4.78 is 1.86. The van der Waals surface area contributed by atoms with Crippen LogP contribution in [-0.4, -0.2) is 38.5 Å². The first-order valence-corrected chi connectivity index (χ1v) is 9.46. The van der Waals surface area contributed by atoms with E-state index in [4.69, 9.17) is 11.6 Å². The van der Waals surface area contributed by atoms with Crippen LogP contribution >= 0.6 is 23.4 Å². The number of carbonyl (C=O) groups is 2. The highest BCUT2D eigenvalue weighted by Crippen LogP contribution is 2.25. The molecule has 136 valence electrons. The average Bonchev–Trinajstić information content (AvgIpc) is 3.33. The first-order chi connectivity index (χ1) is 12.6. The van der Waals surface area contributed by atoms with E-state index < -0.39 is 6.03 Å². The lowest BCUT2D eigenvalue weighted by atomic mass is 10.2. The molecular formula is C17H18ClN5O2S. The van der Waals surface area contributed by atoms with Crippen molar-refractivity contribution in [1.29, 1.82) is 0 Å². The summed E-state index contributed by atoms with van der Waals surface area (Å²) in [7, 11) is 0. The van der Waals surface area contributed by atoms with Crippen molar-refractivity contribution in [1.82, 2.24) is 25.4 Å². The standard InChI is InChI=1S/C17H18ClN5O2S/c1-2-9-23-15(11-3-5-12(18)6-4-11)21-22-17(23)26-10-14(24)20-16(25)19-13-7-8-13/h2-6,13H,1,7-10H2,(H2,19,20,24,25). The van der Waals surface area contributed by atoms with Crippen LogP contribution in [0.4, 0.5) is 4.79 Å². The number of benzene rings is 1. The highest BCUT2D eigenvalue weighted by Gasteiger charge is 2.24. The molecule has 0 radical (unpaired) electrons. The van der Waals surface area contributed by atoms with Gasteiger partial charge in [0, 0.05) is 23.2 Å². The molecule has 1 aliphatic rings. The van der Waals surface area contributed by atoms with Gasteiger partial charge in [-0.3, -0.25) is 14.7 Å². The number of nitrogens with zero attached hydrogens (tertiary/aromatic N) is 3. The van der Waals surface area contributed by atoms with Gasteiger partial charge in [-0.15, -0.1) is 16.8 Å². The SMILES string of the molecule is C=CCn1c(SCC(=O)NC(=O)NC2CC2)nnc1-c1ccc(Cl)cc1. The zero-order valence-corrected chi connectivity index (χ0v) is 15.5. The average molecular weight is 392 g/mol. The fraction of sp³-hybridized carbons (Fsp3) is 0.294. The molecule has 9 heteroatoms. The topological polar surface area (TPSA) is 88.9 Å². The maximum Gasteiger partial charge on any atom is 0.321 e. The molecule has 0 saturated heterocycles. The largest absolute Gasteiger partial charge is 0.335 e. The van der Waals surface area contributed by atoms with Crippen molar-refractivity contribution in [3.8, 4) is 11.4 Å². The molecule has 3 amide bonds. The zero-order valence-electron chi connectivity index (χ0n) is 13.9. The smallest absolute Gasteiger partial charge is 0.321 e. The van der Waals surface area contributed by atoms with Gasteiger partial charge in [-0.25, -0.2) is 4.79 Å². The van der Waals surface area contributed by atoms with Gasteiger partial charge in [-0.1, -0.05) is 29.4 Å². The molecule has 0 aliphatic heterocycles. The quantitative estimate of drug-likeness (QED) is 0.559. The summed E-state index contributed by atoms with van der Waals surface area (Å²) in [5.41, 5.74) is 0.865. The summed E-state index contributed by atoms with van der Waals surface area (Å²) in [6.07, 6.45) is 3.67. The number of aromatic nitrogens is 3. The van der Waals surface area contributed by atoms with E-state index in [0.29, 0.717) is 22.5 Å². The monoisotopic (exact) mass is 391 g/mol. The zero-order chi connectivity index (χ0) is 18.5. The molecule has 0 atom stereocenters. The molecule has 2 aromatic rings. The number of urea groups is 1. The van der Waals surface area contributed by atoms with Gasteiger partial charge < -0.3 is 5.32 Å². The van der Waals surface area contributed by atoms with Crippen LogP contribution in [-0.2, 0) is 11.3 Å². The number of thioether (sulfide) groups is 1. The summed E-state index contributed by atoms with van der Waals surface area (Å²) in [5, 5.41) is 14.6. The third-order valence-electron chi connectivity index (χ3n) is 3.63. The summed E-state index contributed by atoms with van der Waals surface area (Å²) in [6, 6.07) is 7.02. The van der Waals surface area contributed by atoms with Crippen molar-refractivity contribution in [2.45, 2.75) is 30.6 Å². The van der Waals surface area contributed by atoms with Crippen molar-refractivity contribution in [3.63, 3.8) is 0 Å². The lowest BCUT2D eigenvalue weighted by Gasteiger charge is -2.08. The van der Waals surface area contributed by atoms with Crippen LogP contribution in [0.2, 0.25) is 5.02 Å². The van der Waals surface area contributed by atoms with Crippen LogP contribution in [0, 0.1) is 0 Å². The molecule has 26 heavy (non-hydrogen) atoms. The number of allylic oxidation sites excluding steroid dienone is 1. The lowest BCUT2D eigenvalue weighted by Crippen LogP contribution is -2.41. The van der Waals surface area contributed by atoms with E-state index in [2.05, 4.69) is 27.4 Å². The number of carbonyl (C=O) groups excluding carboxylic acids is 2. The van der Waals surface area contributed by atoms with Crippen LogP contribution in [0.5, 0.6) is 0 Å². The van der Waals surface area contributed by atoms with Crippen molar-refractivity contribution in [2.75, 3.05) is 5.75 Å². The maximum atomic E-state index is 11.9. The Morgan fingerprint density at radius 2 is 2.04 bits per heavy atom. The predicted octanol–water partition coefficient (Wildman–Crippen LogP) is 2.86. The fourth-order valence-corrected chi connectivity index (χ4v) is 3.12. The van der Waals surface area contributed by atoms with Gasteiger partial charge in [0.25, 0.3) is 0 Å². The van der Waals surface area contributed by atoms with Crippen LogP contribution in [0.25, 0.3) is 11.4 Å². The van der Waals surface area contributed by atoms with E-state index in [1.54, 1.807) is 18.2 Å². The van der Waals surface area contributed by atoms with E-state index in [1.807, 2.05) is 16.7 Å². The number of rotatable bonds is 7. The minimum Gasteiger partial charge on any atom is -0.335 e. The lowest BCUT2D eigenvalue weighted by molar-refractivity contribution is -0.117. The van der Waals surface area contributed by atoms with Crippen molar-refractivity contribution in [3.05, 3.63) is 41.9 Å². The number of amides is 3. The molecule has 0 unspecified atom stereocenters. The van der Waals surface area contributed by atoms with Gasteiger partial charge in [-0.2, -0.15) is 0 Å². The van der Waals surface area contributed by atoms with E-state index in [-0.39, 0.29) is 17.7 Å². The molecular weight excluding hydrogens is 374 g/mol. The van der Waals surface area contributed by atoms with Crippen molar-refractivity contribution in [2.24, 2.45) is 0 Å². The third kappa shape index (κ3) is 4.86. The second-order valence-electron chi connectivity index (χ2n) is 5.80. The number of hydrogen-bond acceptors (Lipinski definition) is 5. The van der Waals surface area contributed by atoms with E-state index in [0.717, 1.165) is 18.4 Å². The summed E-state index contributed by atoms with van der Waals surface area (Å²) in [6.45, 7) is 4.25. The highest BCUT2D eigenvalue weighted by atomic mass is 35.5. The summed E-state index contributed by atoms with van der Waals surface area (Å²) in [4.78, 5) is 23.5. The second-order valence-corrected chi connectivity index (χ2v) is 7.18. The van der Waals surface area contributed by atoms with Gasteiger partial charge >= 0.3 is 6.03 Å². The fourth-order valence-electron chi connectivity index (χ4n) is 2.24. The van der Waals surface area contributed by atoms with Gasteiger partial charge in [0.15, 0.2) is 11.0 Å². The number of imide groups is 1. The molecule has 1 fully saturated rings. The molecule has 1 aliphatic carbocycles. The predicted molar refractivity (Wildman–Crippen MR) is 101 cm³/mol. The van der Waals surface area contributed by atoms with Crippen LogP contribution in [0.15, 0.2) is 42.1 Å². The van der Waals surface area contributed by atoms with Crippen molar-refractivity contribution >= 4 is 35.3 Å². The minimum atomic E-state index is -0.451. The number of hydrogen-bond donors (Lipinski definition) is 2. The number of halogens is 1. The molecule has 1 saturated carbocycles. The van der Waals surface area contributed by atoms with E-state index in [9.17, 15) is 9.59 Å². The minimum absolute atomic E-state index is 0.0635. The molecule has 0 bridgehead atoms. The second kappa shape index (κ2) is 8.37. The molecule has 1 aromatic heterocycles. The summed E-state index contributed by atoms with van der Waals surface area (Å²) >= 11 is 7.14. The van der Waals surface area contributed by atoms with Crippen molar-refractivity contribution < 1.29 is 9.59 Å². The Morgan fingerprint density at radius 1 is 1.31 bits per heavy atom. The highest BCUT2D eigenvalue weighted by molar-refractivity contribution is 7.99. The molecule has 0 spiro atoms. The van der Waals surface area contributed by atoms with E-state index in [1.165, 1.54) is 11.8 Å². The Bertz CT molecular complexity index is 817. The first-order valence-electron chi connectivity index (χ1n) is 8.10. The van der Waals surface area contributed by atoms with E-state index >= 15 is 0 Å². The molecule has 1 heterocycles. The maximum absolute atomic E-state index is 11.9. The molecule has 3 rings (SSSR count). The van der Waals surface area contributed by atoms with Gasteiger partial charge in [-0.05, 0) is 37.1 Å². The third-order valence-corrected chi connectivity index (χ3v) is 4.85. The first kappa shape index (κ1) is 18.5.